The minimum Gasteiger partial charge on any atom is -0.481 e. The molecule has 1 aromatic carbocycles. The van der Waals surface area contributed by atoms with Crippen molar-refractivity contribution in [3.05, 3.63) is 24.3 Å². The summed E-state index contributed by atoms with van der Waals surface area (Å²) >= 11 is 4.21. The average Bonchev–Trinajstić information content (AvgIpc) is 2.39. The van der Waals surface area contributed by atoms with Crippen molar-refractivity contribution in [2.45, 2.75) is 24.0 Å². The SMILES string of the molecule is CC#CCOc1ccc(S(=O)(=O)N(C)C[C@H](C)S)cc1. The van der Waals surface area contributed by atoms with Gasteiger partial charge in [0, 0.05) is 18.8 Å². The Hall–Kier alpha value is -1.16. The average molecular weight is 313 g/mol. The maximum atomic E-state index is 12.3. The molecule has 0 heterocycles. The van der Waals surface area contributed by atoms with Crippen molar-refractivity contribution in [2.24, 2.45) is 0 Å². The maximum Gasteiger partial charge on any atom is 0.242 e. The summed E-state index contributed by atoms with van der Waals surface area (Å²) in [6.07, 6.45) is 0. The van der Waals surface area contributed by atoms with E-state index in [9.17, 15) is 8.42 Å². The first-order chi connectivity index (χ1) is 9.37. The van der Waals surface area contributed by atoms with Gasteiger partial charge in [0.2, 0.25) is 10.0 Å². The fourth-order valence-electron chi connectivity index (χ4n) is 1.55. The third-order valence-corrected chi connectivity index (χ3v) is 4.54. The number of sulfonamides is 1. The van der Waals surface area contributed by atoms with Crippen molar-refractivity contribution < 1.29 is 13.2 Å². The Morgan fingerprint density at radius 2 is 1.95 bits per heavy atom. The van der Waals surface area contributed by atoms with E-state index in [0.29, 0.717) is 18.9 Å². The lowest BCUT2D eigenvalue weighted by Gasteiger charge is -2.18. The predicted molar refractivity (Wildman–Crippen MR) is 83.7 cm³/mol. The second-order valence-corrected chi connectivity index (χ2v) is 7.25. The minimum absolute atomic E-state index is 0.0231. The van der Waals surface area contributed by atoms with Gasteiger partial charge in [-0.2, -0.15) is 16.9 Å². The second-order valence-electron chi connectivity index (χ2n) is 4.32. The molecule has 0 saturated carbocycles. The van der Waals surface area contributed by atoms with Crippen molar-refractivity contribution in [2.75, 3.05) is 20.2 Å². The van der Waals surface area contributed by atoms with Crippen molar-refractivity contribution >= 4 is 22.7 Å². The van der Waals surface area contributed by atoms with Gasteiger partial charge in [0.05, 0.1) is 4.90 Å². The molecule has 0 N–H and O–H groups in total. The van der Waals surface area contributed by atoms with Crippen LogP contribution in [0.15, 0.2) is 29.2 Å². The second kappa shape index (κ2) is 7.58. The highest BCUT2D eigenvalue weighted by molar-refractivity contribution is 7.89. The zero-order valence-corrected chi connectivity index (χ0v) is 13.5. The Balaban J connectivity index is 2.83. The number of benzene rings is 1. The molecule has 0 aromatic heterocycles. The van der Waals surface area contributed by atoms with Crippen LogP contribution in [0.2, 0.25) is 0 Å². The topological polar surface area (TPSA) is 46.6 Å². The summed E-state index contributed by atoms with van der Waals surface area (Å²) in [7, 11) is -1.93. The van der Waals surface area contributed by atoms with Crippen LogP contribution in [0, 0.1) is 11.8 Å². The van der Waals surface area contributed by atoms with Crippen molar-refractivity contribution in [3.63, 3.8) is 0 Å². The van der Waals surface area contributed by atoms with E-state index in [4.69, 9.17) is 4.74 Å². The fourth-order valence-corrected chi connectivity index (χ4v) is 3.16. The Labute approximate surface area is 126 Å². The molecular weight excluding hydrogens is 294 g/mol. The summed E-state index contributed by atoms with van der Waals surface area (Å²) < 4.78 is 31.2. The molecule has 0 aliphatic carbocycles. The lowest BCUT2D eigenvalue weighted by Crippen LogP contribution is -2.31. The number of rotatable bonds is 6. The summed E-state index contributed by atoms with van der Waals surface area (Å²) in [5.74, 6) is 6.09. The van der Waals surface area contributed by atoms with E-state index in [0.717, 1.165) is 0 Å². The lowest BCUT2D eigenvalue weighted by atomic mass is 10.3. The molecule has 6 heteroatoms. The number of nitrogens with zero attached hydrogens (tertiary/aromatic N) is 1. The van der Waals surface area contributed by atoms with Gasteiger partial charge in [-0.25, -0.2) is 8.42 Å². The number of thiol groups is 1. The van der Waals surface area contributed by atoms with E-state index in [1.54, 1.807) is 26.1 Å². The maximum absolute atomic E-state index is 12.3. The van der Waals surface area contributed by atoms with Gasteiger partial charge in [-0.3, -0.25) is 0 Å². The largest absolute Gasteiger partial charge is 0.481 e. The normalized spacial score (nSPS) is 12.7. The summed E-state index contributed by atoms with van der Waals surface area (Å²) in [6.45, 7) is 4.23. The van der Waals surface area contributed by atoms with Gasteiger partial charge in [-0.05, 0) is 31.2 Å². The van der Waals surface area contributed by atoms with Crippen LogP contribution in [-0.4, -0.2) is 38.2 Å². The molecule has 0 fully saturated rings. The van der Waals surface area contributed by atoms with Gasteiger partial charge < -0.3 is 4.74 Å². The third kappa shape index (κ3) is 4.75. The Kier molecular flexibility index (Phi) is 6.40. The summed E-state index contributed by atoms with van der Waals surface area (Å²) in [5.41, 5.74) is 0. The lowest BCUT2D eigenvalue weighted by molar-refractivity contribution is 0.370. The van der Waals surface area contributed by atoms with Crippen LogP contribution in [0.5, 0.6) is 5.75 Å². The highest BCUT2D eigenvalue weighted by Crippen LogP contribution is 2.19. The first-order valence-electron chi connectivity index (χ1n) is 6.14. The first kappa shape index (κ1) is 16.9. The predicted octanol–water partition coefficient (Wildman–Crippen LogP) is 2.03. The molecule has 0 unspecified atom stereocenters. The van der Waals surface area contributed by atoms with E-state index in [2.05, 4.69) is 24.5 Å². The van der Waals surface area contributed by atoms with Crippen LogP contribution < -0.4 is 4.74 Å². The standard InChI is InChI=1S/C14H19NO3S2/c1-4-5-10-18-13-6-8-14(9-7-13)20(16,17)15(3)11-12(2)19/h6-9,12,19H,10-11H2,1-3H3/t12-/m0/s1. The van der Waals surface area contributed by atoms with Crippen LogP contribution in [-0.2, 0) is 10.0 Å². The molecule has 0 amide bonds. The van der Waals surface area contributed by atoms with Gasteiger partial charge in [0.15, 0.2) is 0 Å². The van der Waals surface area contributed by atoms with Crippen molar-refractivity contribution in [1.82, 2.24) is 4.31 Å². The zero-order chi connectivity index (χ0) is 15.2. The Morgan fingerprint density at radius 3 is 2.45 bits per heavy atom. The summed E-state index contributed by atoms with van der Waals surface area (Å²) in [6, 6.07) is 6.32. The zero-order valence-electron chi connectivity index (χ0n) is 11.8. The molecule has 0 aliphatic heterocycles. The van der Waals surface area contributed by atoms with Gasteiger partial charge in [0.1, 0.15) is 12.4 Å². The van der Waals surface area contributed by atoms with Gasteiger partial charge in [-0.15, -0.1) is 5.92 Å². The molecule has 0 spiro atoms. The van der Waals surface area contributed by atoms with E-state index < -0.39 is 10.0 Å². The molecule has 1 aromatic rings. The molecule has 110 valence electrons. The van der Waals surface area contributed by atoms with Crippen molar-refractivity contribution in [1.29, 1.82) is 0 Å². The minimum atomic E-state index is -3.48. The Bertz CT molecular complexity index is 583. The van der Waals surface area contributed by atoms with Crippen LogP contribution in [0.4, 0.5) is 0 Å². The van der Waals surface area contributed by atoms with Crippen LogP contribution >= 0.6 is 12.6 Å². The quantitative estimate of drug-likeness (QED) is 0.646. The van der Waals surface area contributed by atoms with Gasteiger partial charge in [0.25, 0.3) is 0 Å². The highest BCUT2D eigenvalue weighted by atomic mass is 32.2. The Morgan fingerprint density at radius 1 is 1.35 bits per heavy atom. The third-order valence-electron chi connectivity index (χ3n) is 2.54. The number of hydrogen-bond donors (Lipinski definition) is 1. The van der Waals surface area contributed by atoms with E-state index in [-0.39, 0.29) is 10.1 Å². The summed E-state index contributed by atoms with van der Waals surface area (Å²) in [4.78, 5) is 0.239. The monoisotopic (exact) mass is 313 g/mol. The fraction of sp³-hybridized carbons (Fsp3) is 0.429. The molecular formula is C14H19NO3S2. The number of ether oxygens (including phenoxy) is 1. The number of hydrogen-bond acceptors (Lipinski definition) is 4. The first-order valence-corrected chi connectivity index (χ1v) is 8.10. The van der Waals surface area contributed by atoms with Crippen molar-refractivity contribution in [3.8, 4) is 17.6 Å². The van der Waals surface area contributed by atoms with Gasteiger partial charge in [-0.1, -0.05) is 12.8 Å². The molecule has 4 nitrogen and oxygen atoms in total. The highest BCUT2D eigenvalue weighted by Gasteiger charge is 2.21. The molecule has 0 radical (unpaired) electrons. The van der Waals surface area contributed by atoms with E-state index >= 15 is 0 Å². The molecule has 20 heavy (non-hydrogen) atoms. The molecule has 0 bridgehead atoms. The smallest absolute Gasteiger partial charge is 0.242 e. The van der Waals surface area contributed by atoms with Crippen LogP contribution in [0.1, 0.15) is 13.8 Å². The van der Waals surface area contributed by atoms with Crippen LogP contribution in [0.25, 0.3) is 0 Å². The van der Waals surface area contributed by atoms with Gasteiger partial charge >= 0.3 is 0 Å². The molecule has 0 saturated heterocycles. The molecule has 1 atom stereocenters. The molecule has 0 aliphatic rings. The molecule has 1 rings (SSSR count). The van der Waals surface area contributed by atoms with Crippen LogP contribution in [0.3, 0.4) is 0 Å². The summed E-state index contributed by atoms with van der Waals surface area (Å²) in [5, 5.41) is -0.0231. The van der Waals surface area contributed by atoms with E-state index in [1.807, 2.05) is 6.92 Å². The van der Waals surface area contributed by atoms with E-state index in [1.165, 1.54) is 16.4 Å².